The first-order valence-electron chi connectivity index (χ1n) is 7.05. The second-order valence-electron chi connectivity index (χ2n) is 5.05. The fourth-order valence-electron chi connectivity index (χ4n) is 2.28. The van der Waals surface area contributed by atoms with E-state index in [4.69, 9.17) is 4.74 Å². The number of hydrogen-bond acceptors (Lipinski definition) is 4. The van der Waals surface area contributed by atoms with E-state index in [1.165, 1.54) is 0 Å². The Morgan fingerprint density at radius 2 is 2.26 bits per heavy atom. The summed E-state index contributed by atoms with van der Waals surface area (Å²) in [6, 6.07) is -0.0864. The van der Waals surface area contributed by atoms with E-state index in [1.807, 2.05) is 24.2 Å². The molecule has 0 bridgehead atoms. The molecule has 2 atom stereocenters. The molecule has 19 heavy (non-hydrogen) atoms. The number of nitrogens with zero attached hydrogens (tertiary/aromatic N) is 1. The van der Waals surface area contributed by atoms with Gasteiger partial charge in [0.1, 0.15) is 5.75 Å². The Balaban J connectivity index is 2.74. The van der Waals surface area contributed by atoms with Crippen molar-refractivity contribution in [1.29, 1.82) is 0 Å². The lowest BCUT2D eigenvalue weighted by Crippen LogP contribution is -2.43. The highest BCUT2D eigenvalue weighted by molar-refractivity contribution is 7.89. The fraction of sp³-hybridized carbons (Fsp3) is 0.786. The molecule has 1 aliphatic rings. The molecule has 0 saturated carbocycles. The van der Waals surface area contributed by atoms with Crippen molar-refractivity contribution in [2.75, 3.05) is 18.9 Å². The van der Waals surface area contributed by atoms with Crippen molar-refractivity contribution >= 4 is 17.3 Å². The van der Waals surface area contributed by atoms with Crippen LogP contribution >= 0.6 is 0 Å². The number of rotatable bonds is 7. The zero-order valence-corrected chi connectivity index (χ0v) is 13.2. The number of carbonyl (C=O) groups is 1. The highest BCUT2D eigenvalue weighted by atomic mass is 32.2. The van der Waals surface area contributed by atoms with Gasteiger partial charge in [-0.25, -0.2) is 4.79 Å². The van der Waals surface area contributed by atoms with E-state index < -0.39 is 11.4 Å². The monoisotopic (exact) mass is 287 g/mol. The number of hydrogen-bond donors (Lipinski definition) is 0. The van der Waals surface area contributed by atoms with Gasteiger partial charge in [-0.3, -0.25) is 0 Å². The van der Waals surface area contributed by atoms with Crippen LogP contribution in [-0.4, -0.2) is 39.8 Å². The first-order valence-corrected chi connectivity index (χ1v) is 8.32. The van der Waals surface area contributed by atoms with Gasteiger partial charge in [-0.05, 0) is 19.3 Å². The lowest BCUT2D eigenvalue weighted by Gasteiger charge is -2.29. The smallest absolute Gasteiger partial charge is 0.335 e. The first kappa shape index (κ1) is 16.5. The second kappa shape index (κ2) is 7.92. The molecule has 0 aromatic rings. The van der Waals surface area contributed by atoms with Crippen molar-refractivity contribution < 1.29 is 14.1 Å². The molecular weight excluding hydrogens is 262 g/mol. The van der Waals surface area contributed by atoms with Crippen LogP contribution in [0.1, 0.15) is 40.5 Å². The summed E-state index contributed by atoms with van der Waals surface area (Å²) in [5, 5.41) is 0. The SMILES string of the molecule is CCCC[S@+]([O-])N1CC=C(C(=O)OCC)[C@@H]1C(C)C. The lowest BCUT2D eigenvalue weighted by atomic mass is 9.98. The number of esters is 1. The maximum atomic E-state index is 12.3. The van der Waals surface area contributed by atoms with Crippen molar-refractivity contribution in [2.24, 2.45) is 5.92 Å². The minimum absolute atomic E-state index is 0.0864. The third-order valence-electron chi connectivity index (χ3n) is 3.20. The molecule has 1 heterocycles. The van der Waals surface area contributed by atoms with E-state index in [9.17, 15) is 9.35 Å². The van der Waals surface area contributed by atoms with Crippen molar-refractivity contribution in [1.82, 2.24) is 4.31 Å². The summed E-state index contributed by atoms with van der Waals surface area (Å²) in [7, 11) is 0. The summed E-state index contributed by atoms with van der Waals surface area (Å²) in [6.07, 6.45) is 3.85. The van der Waals surface area contributed by atoms with Crippen LogP contribution in [0.2, 0.25) is 0 Å². The minimum Gasteiger partial charge on any atom is -0.598 e. The Labute approximate surface area is 119 Å². The quantitative estimate of drug-likeness (QED) is 0.532. The summed E-state index contributed by atoms with van der Waals surface area (Å²) >= 11 is -1.01. The van der Waals surface area contributed by atoms with Crippen molar-refractivity contribution in [2.45, 2.75) is 46.6 Å². The highest BCUT2D eigenvalue weighted by Crippen LogP contribution is 2.29. The Morgan fingerprint density at radius 3 is 2.79 bits per heavy atom. The zero-order valence-electron chi connectivity index (χ0n) is 12.3. The second-order valence-corrected chi connectivity index (χ2v) is 6.57. The van der Waals surface area contributed by atoms with Crippen LogP contribution in [0.15, 0.2) is 11.6 Å². The van der Waals surface area contributed by atoms with E-state index in [1.54, 1.807) is 6.92 Å². The fourth-order valence-corrected chi connectivity index (χ4v) is 3.90. The van der Waals surface area contributed by atoms with Crippen LogP contribution in [0.4, 0.5) is 0 Å². The molecule has 0 saturated heterocycles. The Bertz CT molecular complexity index is 331. The molecule has 1 rings (SSSR count). The predicted octanol–water partition coefficient (Wildman–Crippen LogP) is 2.28. The summed E-state index contributed by atoms with van der Waals surface area (Å²) in [5.41, 5.74) is 0.668. The standard InChI is InChI=1S/C14H25NO3S/c1-5-7-10-19(17)15-9-8-12(13(15)11(3)4)14(16)18-6-2/h8,11,13H,5-7,9-10H2,1-4H3/t13-,19-/m0/s1. The molecule has 1 aliphatic heterocycles. The van der Waals surface area contributed by atoms with E-state index in [2.05, 4.69) is 6.92 Å². The van der Waals surface area contributed by atoms with Crippen molar-refractivity contribution in [3.05, 3.63) is 11.6 Å². The summed E-state index contributed by atoms with van der Waals surface area (Å²) in [6.45, 7) is 8.94. The molecule has 0 aliphatic carbocycles. The molecule has 0 aromatic heterocycles. The largest absolute Gasteiger partial charge is 0.598 e. The highest BCUT2D eigenvalue weighted by Gasteiger charge is 2.40. The van der Waals surface area contributed by atoms with Crippen LogP contribution in [0, 0.1) is 5.92 Å². The number of ether oxygens (including phenoxy) is 1. The molecule has 0 aromatic carbocycles. The van der Waals surface area contributed by atoms with Gasteiger partial charge in [-0.2, -0.15) is 0 Å². The molecule has 0 spiro atoms. The van der Waals surface area contributed by atoms with Crippen LogP contribution in [-0.2, 0) is 20.9 Å². The summed E-state index contributed by atoms with van der Waals surface area (Å²) in [5.74, 6) is 0.642. The zero-order chi connectivity index (χ0) is 14.4. The Hall–Kier alpha value is -0.520. The number of carbonyl (C=O) groups excluding carboxylic acids is 1. The summed E-state index contributed by atoms with van der Waals surface area (Å²) in [4.78, 5) is 11.9. The van der Waals surface area contributed by atoms with Crippen molar-refractivity contribution in [3.63, 3.8) is 0 Å². The van der Waals surface area contributed by atoms with Gasteiger partial charge in [0.2, 0.25) is 0 Å². The van der Waals surface area contributed by atoms with E-state index in [0.717, 1.165) is 12.8 Å². The Morgan fingerprint density at radius 1 is 1.58 bits per heavy atom. The van der Waals surface area contributed by atoms with Gasteiger partial charge < -0.3 is 9.29 Å². The topological polar surface area (TPSA) is 52.6 Å². The van der Waals surface area contributed by atoms with Gasteiger partial charge in [0.25, 0.3) is 0 Å². The molecule has 110 valence electrons. The summed E-state index contributed by atoms with van der Waals surface area (Å²) < 4.78 is 19.3. The van der Waals surface area contributed by atoms with Crippen LogP contribution in [0.3, 0.4) is 0 Å². The van der Waals surface area contributed by atoms with Crippen LogP contribution in [0.5, 0.6) is 0 Å². The molecular formula is C14H25NO3S. The van der Waals surface area contributed by atoms with Gasteiger partial charge in [-0.1, -0.05) is 33.3 Å². The normalized spacial score (nSPS) is 21.6. The average molecular weight is 287 g/mol. The maximum Gasteiger partial charge on any atom is 0.335 e. The molecule has 0 unspecified atom stereocenters. The van der Waals surface area contributed by atoms with E-state index in [0.29, 0.717) is 24.5 Å². The first-order chi connectivity index (χ1) is 9.02. The van der Waals surface area contributed by atoms with Crippen LogP contribution < -0.4 is 0 Å². The third kappa shape index (κ3) is 4.23. The molecule has 5 heteroatoms. The van der Waals surface area contributed by atoms with Gasteiger partial charge in [0.05, 0.1) is 24.8 Å². The maximum absolute atomic E-state index is 12.3. The predicted molar refractivity (Wildman–Crippen MR) is 78.0 cm³/mol. The van der Waals surface area contributed by atoms with Crippen molar-refractivity contribution in [3.8, 4) is 0 Å². The molecule has 0 radical (unpaired) electrons. The molecule has 0 N–H and O–H groups in total. The Kier molecular flexibility index (Phi) is 6.89. The minimum atomic E-state index is -1.01. The van der Waals surface area contributed by atoms with Gasteiger partial charge >= 0.3 is 5.97 Å². The average Bonchev–Trinajstić information content (AvgIpc) is 2.81. The van der Waals surface area contributed by atoms with Crippen LogP contribution in [0.25, 0.3) is 0 Å². The van der Waals surface area contributed by atoms with E-state index >= 15 is 0 Å². The van der Waals surface area contributed by atoms with Gasteiger partial charge in [0.15, 0.2) is 0 Å². The lowest BCUT2D eigenvalue weighted by molar-refractivity contribution is -0.139. The molecule has 0 amide bonds. The van der Waals surface area contributed by atoms with E-state index in [-0.39, 0.29) is 17.9 Å². The number of unbranched alkanes of at least 4 members (excludes halogenated alkanes) is 1. The molecule has 0 fully saturated rings. The molecule has 4 nitrogen and oxygen atoms in total. The third-order valence-corrected chi connectivity index (χ3v) is 4.73. The van der Waals surface area contributed by atoms with Gasteiger partial charge in [-0.15, -0.1) is 4.31 Å². The van der Waals surface area contributed by atoms with Gasteiger partial charge in [0, 0.05) is 11.4 Å².